The highest BCUT2D eigenvalue weighted by molar-refractivity contribution is 7.99. The van der Waals surface area contributed by atoms with Gasteiger partial charge >= 0.3 is 0 Å². The fourth-order valence-corrected chi connectivity index (χ4v) is 6.24. The fourth-order valence-electron chi connectivity index (χ4n) is 4.87. The Morgan fingerprint density at radius 3 is 2.62 bits per heavy atom. The topological polar surface area (TPSA) is 49.2 Å². The van der Waals surface area contributed by atoms with Crippen molar-refractivity contribution < 1.29 is 5.11 Å². The Kier molecular flexibility index (Phi) is 6.31. The quantitative estimate of drug-likeness (QED) is 0.604. The molecule has 1 saturated heterocycles. The number of aliphatic hydroxyl groups is 1. The predicted octanol–water partition coefficient (Wildman–Crippen LogP) is 6.14. The highest BCUT2D eigenvalue weighted by Crippen LogP contribution is 2.50. The van der Waals surface area contributed by atoms with Gasteiger partial charge in [-0.05, 0) is 49.7 Å². The molecule has 1 aliphatic carbocycles. The number of hydrogen-bond acceptors (Lipinski definition) is 5. The molecule has 2 aliphatic rings. The molecule has 1 saturated carbocycles. The maximum atomic E-state index is 9.99. The Morgan fingerprint density at radius 1 is 1.21 bits per heavy atom. The zero-order valence-corrected chi connectivity index (χ0v) is 19.2. The van der Waals surface area contributed by atoms with Crippen molar-refractivity contribution in [3.05, 3.63) is 39.6 Å². The van der Waals surface area contributed by atoms with E-state index >= 15 is 0 Å². The molecular weight excluding hydrogens is 425 g/mol. The van der Waals surface area contributed by atoms with E-state index in [1.165, 1.54) is 43.9 Å². The van der Waals surface area contributed by atoms with Crippen molar-refractivity contribution in [3.8, 4) is 0 Å². The van der Waals surface area contributed by atoms with Gasteiger partial charge in [-0.15, -0.1) is 0 Å². The standard InChI is InChI=1S/C22H27Cl2N3OS/c1-14-5-4-8-22(14)9-11-27(12-10-22)20-17(13-28)26-21(15(2)25-20)29-18-7-3-6-16(23)19(18)24/h3,6-7,14,28H,4-5,8-13H2,1-2H3/t14-/m1/s1. The summed E-state index contributed by atoms with van der Waals surface area (Å²) in [4.78, 5) is 12.7. The molecule has 4 rings (SSSR count). The van der Waals surface area contributed by atoms with Gasteiger partial charge in [0, 0.05) is 18.0 Å². The lowest BCUT2D eigenvalue weighted by molar-refractivity contribution is 0.161. The Labute approximate surface area is 187 Å². The van der Waals surface area contributed by atoms with Crippen LogP contribution in [0.15, 0.2) is 28.1 Å². The van der Waals surface area contributed by atoms with Crippen LogP contribution < -0.4 is 4.90 Å². The van der Waals surface area contributed by atoms with Crippen LogP contribution in [-0.2, 0) is 6.61 Å². The molecule has 1 aliphatic heterocycles. The van der Waals surface area contributed by atoms with Gasteiger partial charge in [-0.25, -0.2) is 9.97 Å². The highest BCUT2D eigenvalue weighted by Gasteiger charge is 2.42. The third-order valence-electron chi connectivity index (χ3n) is 6.77. The third-order valence-corrected chi connectivity index (χ3v) is 8.84. The van der Waals surface area contributed by atoms with Gasteiger partial charge in [0.25, 0.3) is 0 Å². The van der Waals surface area contributed by atoms with Gasteiger partial charge in [0.15, 0.2) is 5.82 Å². The minimum Gasteiger partial charge on any atom is -0.390 e. The van der Waals surface area contributed by atoms with Gasteiger partial charge in [-0.2, -0.15) is 0 Å². The van der Waals surface area contributed by atoms with E-state index in [1.54, 1.807) is 6.07 Å². The summed E-state index contributed by atoms with van der Waals surface area (Å²) in [5.41, 5.74) is 1.98. The first-order valence-electron chi connectivity index (χ1n) is 10.3. The number of aliphatic hydroxyl groups excluding tert-OH is 1. The Bertz CT molecular complexity index is 900. The largest absolute Gasteiger partial charge is 0.390 e. The first-order chi connectivity index (χ1) is 13.9. The number of aromatic nitrogens is 2. The molecule has 1 aromatic carbocycles. The van der Waals surface area contributed by atoms with Crippen molar-refractivity contribution >= 4 is 40.8 Å². The molecule has 156 valence electrons. The Balaban J connectivity index is 1.56. The molecule has 0 amide bonds. The Morgan fingerprint density at radius 2 is 1.97 bits per heavy atom. The summed E-state index contributed by atoms with van der Waals surface area (Å²) in [6.45, 7) is 6.22. The van der Waals surface area contributed by atoms with Crippen LogP contribution in [0.5, 0.6) is 0 Å². The molecule has 0 bridgehead atoms. The number of nitrogens with zero attached hydrogens (tertiary/aromatic N) is 3. The second-order valence-corrected chi connectivity index (χ2v) is 10.2. The lowest BCUT2D eigenvalue weighted by Gasteiger charge is -2.43. The minimum atomic E-state index is -0.127. The van der Waals surface area contributed by atoms with E-state index in [9.17, 15) is 5.11 Å². The van der Waals surface area contributed by atoms with E-state index in [-0.39, 0.29) is 6.61 Å². The van der Waals surface area contributed by atoms with E-state index in [0.29, 0.717) is 21.2 Å². The third kappa shape index (κ3) is 4.12. The monoisotopic (exact) mass is 451 g/mol. The van der Waals surface area contributed by atoms with E-state index in [0.717, 1.165) is 40.4 Å². The van der Waals surface area contributed by atoms with Crippen LogP contribution in [0.2, 0.25) is 10.0 Å². The van der Waals surface area contributed by atoms with Crippen LogP contribution in [-0.4, -0.2) is 28.2 Å². The molecule has 2 heterocycles. The molecule has 29 heavy (non-hydrogen) atoms. The van der Waals surface area contributed by atoms with Crippen LogP contribution in [0, 0.1) is 18.3 Å². The van der Waals surface area contributed by atoms with Crippen molar-refractivity contribution in [2.75, 3.05) is 18.0 Å². The molecule has 7 heteroatoms. The summed E-state index contributed by atoms with van der Waals surface area (Å²) in [6, 6.07) is 5.55. The minimum absolute atomic E-state index is 0.127. The number of piperidine rings is 1. The van der Waals surface area contributed by atoms with Crippen molar-refractivity contribution in [2.24, 2.45) is 11.3 Å². The van der Waals surface area contributed by atoms with Crippen molar-refractivity contribution in [2.45, 2.75) is 62.5 Å². The molecule has 2 aromatic rings. The summed E-state index contributed by atoms with van der Waals surface area (Å²) >= 11 is 13.9. The number of hydrogen-bond donors (Lipinski definition) is 1. The average Bonchev–Trinajstić information content (AvgIpc) is 3.07. The summed E-state index contributed by atoms with van der Waals surface area (Å²) in [5.74, 6) is 1.64. The Hall–Kier alpha value is -1.01. The van der Waals surface area contributed by atoms with Crippen LogP contribution in [0.3, 0.4) is 0 Å². The van der Waals surface area contributed by atoms with Crippen LogP contribution >= 0.6 is 35.0 Å². The van der Waals surface area contributed by atoms with Gasteiger partial charge in [0.1, 0.15) is 10.7 Å². The van der Waals surface area contributed by atoms with Gasteiger partial charge in [0.05, 0.1) is 22.3 Å². The van der Waals surface area contributed by atoms with Gasteiger partial charge in [-0.1, -0.05) is 60.8 Å². The number of rotatable bonds is 4. The molecular formula is C22H27Cl2N3OS. The maximum Gasteiger partial charge on any atom is 0.153 e. The first-order valence-corrected chi connectivity index (χ1v) is 11.9. The maximum absolute atomic E-state index is 9.99. The molecule has 1 atom stereocenters. The summed E-state index contributed by atoms with van der Waals surface area (Å²) in [6.07, 6.45) is 6.48. The number of anilines is 1. The molecule has 2 fully saturated rings. The molecule has 1 spiro atoms. The second kappa shape index (κ2) is 8.62. The van der Waals surface area contributed by atoms with Gasteiger partial charge < -0.3 is 10.0 Å². The predicted molar refractivity (Wildman–Crippen MR) is 120 cm³/mol. The number of aryl methyl sites for hydroxylation is 1. The normalized spacial score (nSPS) is 21.1. The van der Waals surface area contributed by atoms with E-state index in [4.69, 9.17) is 33.2 Å². The van der Waals surface area contributed by atoms with E-state index in [2.05, 4.69) is 11.8 Å². The second-order valence-electron chi connectivity index (χ2n) is 8.34. The highest BCUT2D eigenvalue weighted by atomic mass is 35.5. The molecule has 4 nitrogen and oxygen atoms in total. The van der Waals surface area contributed by atoms with E-state index in [1.807, 2.05) is 19.1 Å². The lowest BCUT2D eigenvalue weighted by atomic mass is 9.71. The summed E-state index contributed by atoms with van der Waals surface area (Å²) in [5, 5.41) is 11.8. The average molecular weight is 452 g/mol. The van der Waals surface area contributed by atoms with Crippen molar-refractivity contribution in [1.29, 1.82) is 0 Å². The van der Waals surface area contributed by atoms with Crippen molar-refractivity contribution in [3.63, 3.8) is 0 Å². The van der Waals surface area contributed by atoms with Crippen LogP contribution in [0.1, 0.15) is 50.4 Å². The molecule has 1 N–H and O–H groups in total. The zero-order chi connectivity index (χ0) is 20.6. The lowest BCUT2D eigenvalue weighted by Crippen LogP contribution is -2.42. The van der Waals surface area contributed by atoms with E-state index < -0.39 is 0 Å². The SMILES string of the molecule is Cc1nc(N2CCC3(CCC[C@H]3C)CC2)c(CO)nc1Sc1cccc(Cl)c1Cl. The fraction of sp³-hybridized carbons (Fsp3) is 0.545. The summed E-state index contributed by atoms with van der Waals surface area (Å²) < 4.78 is 0. The molecule has 1 aromatic heterocycles. The van der Waals surface area contributed by atoms with Crippen LogP contribution in [0.4, 0.5) is 5.82 Å². The van der Waals surface area contributed by atoms with Gasteiger partial charge in [0.2, 0.25) is 0 Å². The zero-order valence-electron chi connectivity index (χ0n) is 16.9. The smallest absolute Gasteiger partial charge is 0.153 e. The molecule has 0 unspecified atom stereocenters. The van der Waals surface area contributed by atoms with Crippen LogP contribution in [0.25, 0.3) is 0 Å². The molecule has 0 radical (unpaired) electrons. The number of halogens is 2. The summed E-state index contributed by atoms with van der Waals surface area (Å²) in [7, 11) is 0. The van der Waals surface area contributed by atoms with Gasteiger partial charge in [-0.3, -0.25) is 0 Å². The number of benzene rings is 1. The van der Waals surface area contributed by atoms with Crippen molar-refractivity contribution in [1.82, 2.24) is 9.97 Å². The first kappa shape index (κ1) is 21.2.